The molecule has 1 saturated carbocycles. The van der Waals surface area contributed by atoms with Crippen molar-refractivity contribution < 1.29 is 9.67 Å². The molecule has 0 aromatic heterocycles. The lowest BCUT2D eigenvalue weighted by molar-refractivity contribution is 0.245. The molecule has 3 heteroatoms. The minimum atomic E-state index is -1.38. The molecule has 1 N–H and O–H groups in total. The summed E-state index contributed by atoms with van der Waals surface area (Å²) < 4.78 is 11.9. The predicted octanol–water partition coefficient (Wildman–Crippen LogP) is 3.66. The highest BCUT2D eigenvalue weighted by molar-refractivity contribution is 7.46. The Morgan fingerprint density at radius 2 is 1.71 bits per heavy atom. The fourth-order valence-electron chi connectivity index (χ4n) is 2.11. The third kappa shape index (κ3) is 3.67. The van der Waals surface area contributed by atoms with Crippen LogP contribution in [0.1, 0.15) is 58.3 Å². The van der Waals surface area contributed by atoms with Crippen LogP contribution in [0, 0.1) is 0 Å². The third-order valence-electron chi connectivity index (χ3n) is 3.09. The lowest BCUT2D eigenvalue weighted by Gasteiger charge is -2.12. The molecule has 1 aliphatic rings. The minimum absolute atomic E-state index is 0.292. The molecule has 0 aliphatic heterocycles. The Kier molecular flexibility index (Phi) is 5.66. The van der Waals surface area contributed by atoms with E-state index in [0.29, 0.717) is 12.1 Å². The van der Waals surface area contributed by atoms with E-state index < -0.39 is 13.6 Å². The summed E-state index contributed by atoms with van der Waals surface area (Å²) in [6, 6.07) is 0. The Labute approximate surface area is 87.9 Å². The van der Waals surface area contributed by atoms with E-state index in [2.05, 4.69) is 0 Å². The van der Waals surface area contributed by atoms with Gasteiger partial charge in [0.2, 0.25) is 0 Å². The lowest BCUT2D eigenvalue weighted by Crippen LogP contribution is -2.12. The van der Waals surface area contributed by atoms with Crippen molar-refractivity contribution in [1.82, 2.24) is 0 Å². The second-order valence-corrected chi connectivity index (χ2v) is 6.29. The summed E-state index contributed by atoms with van der Waals surface area (Å²) in [5.74, 6) is -0.561. The monoisotopic (exact) mass is 217 g/mol. The van der Waals surface area contributed by atoms with E-state index in [-0.39, 0.29) is 0 Å². The summed E-state index contributed by atoms with van der Waals surface area (Å²) in [5, 5.41) is 9.56. The molecule has 0 aromatic rings. The van der Waals surface area contributed by atoms with Crippen molar-refractivity contribution in [2.24, 2.45) is 0 Å². The van der Waals surface area contributed by atoms with Gasteiger partial charge in [-0.25, -0.2) is 0 Å². The first-order valence-electron chi connectivity index (χ1n) is 5.89. The Morgan fingerprint density at radius 1 is 1.21 bits per heavy atom. The Hall–Kier alpha value is 0.0600. The van der Waals surface area contributed by atoms with Gasteiger partial charge in [0.25, 0.3) is 5.85 Å². The van der Waals surface area contributed by atoms with Crippen molar-refractivity contribution in [1.29, 1.82) is 0 Å². The van der Waals surface area contributed by atoms with Gasteiger partial charge in [-0.3, -0.25) is 0 Å². The third-order valence-corrected chi connectivity index (χ3v) is 5.28. The Bertz CT molecular complexity index is 174. The van der Waals surface area contributed by atoms with Crippen LogP contribution in [-0.4, -0.2) is 16.6 Å². The van der Waals surface area contributed by atoms with Gasteiger partial charge >= 0.3 is 7.80 Å². The standard InChI is InChI=1S/C11H22O2P/c1-2-11(12)14(13)10-8-6-4-3-5-7-9-10/h10-12H,2-9H2,1H3/q+1. The topological polar surface area (TPSA) is 37.3 Å². The molecule has 1 aliphatic carbocycles. The maximum Gasteiger partial charge on any atom is 0.373 e. The minimum Gasteiger partial charge on any atom is -0.351 e. The highest BCUT2D eigenvalue weighted by atomic mass is 31.1. The SMILES string of the molecule is CCC(O)[P+](=O)C1CCCCCCC1. The molecule has 0 heterocycles. The normalized spacial score (nSPS) is 23.7. The first kappa shape index (κ1) is 12.1. The number of hydrogen-bond acceptors (Lipinski definition) is 2. The maximum absolute atomic E-state index is 11.9. The summed E-state index contributed by atoms with van der Waals surface area (Å²) >= 11 is 0. The quantitative estimate of drug-likeness (QED) is 0.732. The Balaban J connectivity index is 2.42. The molecular formula is C11H22O2P+. The molecule has 0 spiro atoms. The first-order valence-corrected chi connectivity index (χ1v) is 7.29. The highest BCUT2D eigenvalue weighted by Gasteiger charge is 2.35. The summed E-state index contributed by atoms with van der Waals surface area (Å²) in [5.41, 5.74) is 0.292. The molecule has 2 unspecified atom stereocenters. The van der Waals surface area contributed by atoms with Crippen LogP contribution in [0.5, 0.6) is 0 Å². The van der Waals surface area contributed by atoms with Gasteiger partial charge in [-0.15, -0.1) is 0 Å². The van der Waals surface area contributed by atoms with Crippen molar-refractivity contribution in [2.75, 3.05) is 0 Å². The second-order valence-electron chi connectivity index (χ2n) is 4.25. The van der Waals surface area contributed by atoms with Crippen LogP contribution >= 0.6 is 7.80 Å². The van der Waals surface area contributed by atoms with Crippen LogP contribution in [0.3, 0.4) is 0 Å². The molecule has 2 atom stereocenters. The van der Waals surface area contributed by atoms with E-state index in [1.54, 1.807) is 0 Å². The average Bonchev–Trinajstić information content (AvgIpc) is 2.15. The second kappa shape index (κ2) is 6.53. The van der Waals surface area contributed by atoms with Gasteiger partial charge in [-0.05, 0) is 25.7 Å². The van der Waals surface area contributed by atoms with Crippen molar-refractivity contribution in [2.45, 2.75) is 69.8 Å². The summed E-state index contributed by atoms with van der Waals surface area (Å²) in [6.07, 6.45) is 9.04. The van der Waals surface area contributed by atoms with Crippen LogP contribution in [0.25, 0.3) is 0 Å². The van der Waals surface area contributed by atoms with Gasteiger partial charge in [-0.1, -0.05) is 30.8 Å². The van der Waals surface area contributed by atoms with Gasteiger partial charge in [0.15, 0.2) is 5.66 Å². The predicted molar refractivity (Wildman–Crippen MR) is 60.0 cm³/mol. The van der Waals surface area contributed by atoms with E-state index >= 15 is 0 Å². The molecule has 0 aromatic carbocycles. The van der Waals surface area contributed by atoms with E-state index in [0.717, 1.165) is 12.8 Å². The lowest BCUT2D eigenvalue weighted by atomic mass is 10.0. The van der Waals surface area contributed by atoms with Gasteiger partial charge in [0.05, 0.1) is 0 Å². The molecule has 1 fully saturated rings. The average molecular weight is 217 g/mol. The zero-order valence-electron chi connectivity index (χ0n) is 9.11. The Morgan fingerprint density at radius 3 is 2.21 bits per heavy atom. The number of aliphatic hydroxyl groups excluding tert-OH is 1. The molecule has 0 saturated heterocycles. The van der Waals surface area contributed by atoms with Gasteiger partial charge < -0.3 is 5.11 Å². The molecule has 82 valence electrons. The van der Waals surface area contributed by atoms with Gasteiger partial charge in [0, 0.05) is 6.42 Å². The molecule has 14 heavy (non-hydrogen) atoms. The fraction of sp³-hybridized carbons (Fsp3) is 1.00. The van der Waals surface area contributed by atoms with Crippen LogP contribution in [0.4, 0.5) is 0 Å². The van der Waals surface area contributed by atoms with Crippen molar-refractivity contribution >= 4 is 7.80 Å². The van der Waals surface area contributed by atoms with Crippen LogP contribution in [0.2, 0.25) is 0 Å². The summed E-state index contributed by atoms with van der Waals surface area (Å²) in [7, 11) is -1.38. The number of rotatable bonds is 3. The van der Waals surface area contributed by atoms with Crippen LogP contribution in [-0.2, 0) is 4.57 Å². The summed E-state index contributed by atoms with van der Waals surface area (Å²) in [4.78, 5) is 0. The number of aliphatic hydroxyl groups is 1. The fourth-order valence-corrected chi connectivity index (χ4v) is 3.83. The van der Waals surface area contributed by atoms with Crippen LogP contribution in [0.15, 0.2) is 0 Å². The smallest absolute Gasteiger partial charge is 0.351 e. The molecule has 0 bridgehead atoms. The van der Waals surface area contributed by atoms with Crippen molar-refractivity contribution in [3.8, 4) is 0 Å². The zero-order valence-corrected chi connectivity index (χ0v) is 10.0. The number of hydrogen-bond donors (Lipinski definition) is 1. The van der Waals surface area contributed by atoms with Crippen molar-refractivity contribution in [3.05, 3.63) is 0 Å². The van der Waals surface area contributed by atoms with Gasteiger partial charge in [-0.2, -0.15) is 0 Å². The largest absolute Gasteiger partial charge is 0.373 e. The van der Waals surface area contributed by atoms with E-state index in [1.807, 2.05) is 6.92 Å². The van der Waals surface area contributed by atoms with E-state index in [1.165, 1.54) is 32.1 Å². The summed E-state index contributed by atoms with van der Waals surface area (Å²) in [6.45, 7) is 1.90. The van der Waals surface area contributed by atoms with Crippen LogP contribution < -0.4 is 0 Å². The molecular weight excluding hydrogens is 195 g/mol. The first-order chi connectivity index (χ1) is 6.75. The molecule has 2 nitrogen and oxygen atoms in total. The van der Waals surface area contributed by atoms with E-state index in [9.17, 15) is 9.67 Å². The maximum atomic E-state index is 11.9. The highest BCUT2D eigenvalue weighted by Crippen LogP contribution is 2.40. The van der Waals surface area contributed by atoms with E-state index in [4.69, 9.17) is 0 Å². The molecule has 0 radical (unpaired) electrons. The van der Waals surface area contributed by atoms with Gasteiger partial charge in [0.1, 0.15) is 0 Å². The molecule has 0 amide bonds. The van der Waals surface area contributed by atoms with Crippen molar-refractivity contribution in [3.63, 3.8) is 0 Å². The molecule has 1 rings (SSSR count). The zero-order chi connectivity index (χ0) is 10.4.